The Hall–Kier alpha value is -3.89. The van der Waals surface area contributed by atoms with E-state index in [1.807, 2.05) is 0 Å². The third-order valence-electron chi connectivity index (χ3n) is 10.2. The minimum atomic E-state index is 0. The number of rotatable bonds is 6. The van der Waals surface area contributed by atoms with Gasteiger partial charge in [-0.3, -0.25) is 0 Å². The van der Waals surface area contributed by atoms with Crippen molar-refractivity contribution in [2.24, 2.45) is 0 Å². The second-order valence-corrected chi connectivity index (χ2v) is 16.0. The summed E-state index contributed by atoms with van der Waals surface area (Å²) < 4.78 is 11.9. The van der Waals surface area contributed by atoms with Crippen LogP contribution in [0.4, 0.5) is 0 Å². The molecule has 0 spiro atoms. The van der Waals surface area contributed by atoms with E-state index in [1.165, 1.54) is 54.9 Å². The van der Waals surface area contributed by atoms with Crippen LogP contribution >= 0.6 is 0 Å². The normalized spacial score (nSPS) is 11.3. The molecule has 0 unspecified atom stereocenters. The average molecular weight is 932 g/mol. The molecule has 280 valence electrons. The first kappa shape index (κ1) is 43.8. The SMILES string of the molecule is CCc1ccc(-c2cc3c(-c4ccc(C(C)(C)C)cc4)cccc3[cH-]2)o1.CCc1ccc(-c2cc3c(-c4ccc(C(C)(C)C)cc4)cccc3[cH-]2)o1.[Cl-].[Cl-].[Hf+4]. The average Bonchev–Trinajstić information content (AvgIpc) is 3.96. The molecule has 2 nitrogen and oxygen atoms in total. The fourth-order valence-electron chi connectivity index (χ4n) is 7.00. The molecular weight excluding hydrogens is 882 g/mol. The first-order valence-electron chi connectivity index (χ1n) is 18.7. The third kappa shape index (κ3) is 9.57. The molecule has 0 aliphatic rings. The van der Waals surface area contributed by atoms with Crippen molar-refractivity contribution < 1.29 is 59.5 Å². The topological polar surface area (TPSA) is 26.3 Å². The molecule has 0 atom stereocenters. The Balaban J connectivity index is 0.000000232. The van der Waals surface area contributed by atoms with Crippen LogP contribution in [0.1, 0.15) is 78.0 Å². The van der Waals surface area contributed by atoms with Gasteiger partial charge in [-0.15, -0.1) is 57.9 Å². The van der Waals surface area contributed by atoms with Gasteiger partial charge in [0.2, 0.25) is 0 Å². The molecule has 0 aliphatic heterocycles. The van der Waals surface area contributed by atoms with Crippen LogP contribution in [0.25, 0.3) is 66.4 Å². The van der Waals surface area contributed by atoms with Gasteiger partial charge in [-0.1, -0.05) is 150 Å². The Kier molecular flexibility index (Phi) is 14.3. The molecule has 8 aromatic rings. The van der Waals surface area contributed by atoms with Gasteiger partial charge in [0.15, 0.2) is 0 Å². The molecule has 8 rings (SSSR count). The van der Waals surface area contributed by atoms with E-state index >= 15 is 0 Å². The summed E-state index contributed by atoms with van der Waals surface area (Å²) in [4.78, 5) is 0. The minimum absolute atomic E-state index is 0. The van der Waals surface area contributed by atoms with Gasteiger partial charge >= 0.3 is 25.8 Å². The second-order valence-electron chi connectivity index (χ2n) is 16.0. The Morgan fingerprint density at radius 3 is 1.15 bits per heavy atom. The van der Waals surface area contributed by atoms with Crippen molar-refractivity contribution in [2.45, 2.75) is 79.1 Å². The quantitative estimate of drug-likeness (QED) is 0.123. The Labute approximate surface area is 358 Å². The predicted molar refractivity (Wildman–Crippen MR) is 222 cm³/mol. The summed E-state index contributed by atoms with van der Waals surface area (Å²) in [5, 5.41) is 5.07. The van der Waals surface area contributed by atoms with Crippen molar-refractivity contribution in [1.82, 2.24) is 0 Å². The van der Waals surface area contributed by atoms with Gasteiger partial charge < -0.3 is 33.6 Å². The van der Waals surface area contributed by atoms with Crippen LogP contribution in [0.3, 0.4) is 0 Å². The van der Waals surface area contributed by atoms with Crippen LogP contribution in [0, 0.1) is 0 Å². The van der Waals surface area contributed by atoms with Crippen molar-refractivity contribution in [3.8, 4) is 44.9 Å². The molecule has 0 aliphatic carbocycles. The van der Waals surface area contributed by atoms with Gasteiger partial charge in [0.25, 0.3) is 0 Å². The van der Waals surface area contributed by atoms with E-state index in [9.17, 15) is 0 Å². The number of benzene rings is 4. The number of hydrogen-bond donors (Lipinski definition) is 0. The van der Waals surface area contributed by atoms with Crippen molar-refractivity contribution in [3.63, 3.8) is 0 Å². The fourth-order valence-corrected chi connectivity index (χ4v) is 7.00. The molecule has 0 N–H and O–H groups in total. The Bertz CT molecular complexity index is 2270. The van der Waals surface area contributed by atoms with Gasteiger partial charge in [-0.05, 0) is 57.3 Å². The summed E-state index contributed by atoms with van der Waals surface area (Å²) in [5.41, 5.74) is 10.4. The zero-order valence-corrected chi connectivity index (χ0v) is 38.3. The summed E-state index contributed by atoms with van der Waals surface area (Å²) in [5.74, 6) is 3.96. The summed E-state index contributed by atoms with van der Waals surface area (Å²) >= 11 is 0. The fraction of sp³-hybridized carbons (Fsp3) is 0.240. The van der Waals surface area contributed by atoms with E-state index in [0.717, 1.165) is 47.0 Å². The molecular formula is C50H50Cl2HfO2. The van der Waals surface area contributed by atoms with Gasteiger partial charge in [-0.25, -0.2) is 0 Å². The van der Waals surface area contributed by atoms with Crippen LogP contribution in [-0.2, 0) is 49.5 Å². The number of fused-ring (bicyclic) bond motifs is 2. The van der Waals surface area contributed by atoms with Gasteiger partial charge in [0.1, 0.15) is 0 Å². The van der Waals surface area contributed by atoms with Crippen molar-refractivity contribution in [2.75, 3.05) is 0 Å². The molecule has 6 aromatic carbocycles. The van der Waals surface area contributed by atoms with Crippen LogP contribution < -0.4 is 24.8 Å². The second kappa shape index (κ2) is 17.9. The van der Waals surface area contributed by atoms with Crippen LogP contribution in [0.2, 0.25) is 0 Å². The van der Waals surface area contributed by atoms with Crippen molar-refractivity contribution in [3.05, 3.63) is 156 Å². The largest absolute Gasteiger partial charge is 4.00 e. The van der Waals surface area contributed by atoms with E-state index in [0.29, 0.717) is 0 Å². The van der Waals surface area contributed by atoms with E-state index in [1.54, 1.807) is 0 Å². The molecule has 2 aromatic heterocycles. The maximum atomic E-state index is 5.95. The molecule has 0 saturated heterocycles. The standard InChI is InChI=1S/2C25H25O.2ClH.Hf/c2*1-5-21-13-14-24(26-21)19-15-18-7-6-8-22(23(18)16-19)17-9-11-20(12-10-17)25(2,3)4;;;/h2*6-16H,5H2,1-4H3;2*1H;/q2*-1;;;+4/p-2. The van der Waals surface area contributed by atoms with E-state index in [4.69, 9.17) is 8.83 Å². The van der Waals surface area contributed by atoms with E-state index in [-0.39, 0.29) is 61.5 Å². The Morgan fingerprint density at radius 1 is 0.473 bits per heavy atom. The zero-order valence-electron chi connectivity index (χ0n) is 33.2. The van der Waals surface area contributed by atoms with E-state index in [2.05, 4.69) is 189 Å². The maximum Gasteiger partial charge on any atom is 4.00 e. The zero-order chi connectivity index (χ0) is 36.6. The molecule has 5 heteroatoms. The van der Waals surface area contributed by atoms with E-state index < -0.39 is 0 Å². The summed E-state index contributed by atoms with van der Waals surface area (Å²) in [6.45, 7) is 17.7. The molecule has 0 amide bonds. The smallest absolute Gasteiger partial charge is 1.00 e. The summed E-state index contributed by atoms with van der Waals surface area (Å²) in [6, 6.07) is 48.2. The first-order valence-corrected chi connectivity index (χ1v) is 18.7. The Morgan fingerprint density at radius 2 is 0.836 bits per heavy atom. The number of furan rings is 2. The summed E-state index contributed by atoms with van der Waals surface area (Å²) in [6.07, 6.45) is 1.84. The van der Waals surface area contributed by atoms with Crippen molar-refractivity contribution >= 4 is 21.5 Å². The predicted octanol–water partition coefficient (Wildman–Crippen LogP) is 8.70. The number of aryl methyl sites for hydroxylation is 2. The minimum Gasteiger partial charge on any atom is -1.00 e. The van der Waals surface area contributed by atoms with Gasteiger partial charge in [-0.2, -0.15) is 0 Å². The first-order chi connectivity index (χ1) is 24.9. The molecule has 55 heavy (non-hydrogen) atoms. The monoisotopic (exact) mass is 932 g/mol. The maximum absolute atomic E-state index is 5.95. The van der Waals surface area contributed by atoms with Crippen LogP contribution in [0.5, 0.6) is 0 Å². The summed E-state index contributed by atoms with van der Waals surface area (Å²) in [7, 11) is 0. The molecule has 2 heterocycles. The van der Waals surface area contributed by atoms with Gasteiger partial charge in [0, 0.05) is 12.8 Å². The van der Waals surface area contributed by atoms with Crippen LogP contribution in [-0.4, -0.2) is 0 Å². The number of halogens is 2. The molecule has 0 bridgehead atoms. The number of hydrogen-bond acceptors (Lipinski definition) is 2. The van der Waals surface area contributed by atoms with Crippen LogP contribution in [0.15, 0.2) is 142 Å². The molecule has 0 radical (unpaired) electrons. The molecule has 0 saturated carbocycles. The molecule has 0 fully saturated rings. The third-order valence-corrected chi connectivity index (χ3v) is 10.2. The van der Waals surface area contributed by atoms with Gasteiger partial charge in [0.05, 0.1) is 23.0 Å². The van der Waals surface area contributed by atoms with Crippen molar-refractivity contribution in [1.29, 1.82) is 0 Å².